The topological polar surface area (TPSA) is 58.6 Å². The van der Waals surface area contributed by atoms with Gasteiger partial charge in [0.05, 0.1) is 12.3 Å². The lowest BCUT2D eigenvalue weighted by molar-refractivity contribution is 0.223. The van der Waals surface area contributed by atoms with Crippen LogP contribution in [0.1, 0.15) is 19.8 Å². The minimum Gasteiger partial charge on any atom is -0.324 e. The Morgan fingerprint density at radius 2 is 2.25 bits per heavy atom. The molecule has 6 heteroatoms. The fraction of sp³-hybridized carbons (Fsp3) is 1.00. The normalized spacial score (nSPS) is 32.8. The highest BCUT2D eigenvalue weighted by atomic mass is 32.2. The van der Waals surface area contributed by atoms with Gasteiger partial charge in [0.25, 0.3) is 0 Å². The van der Waals surface area contributed by atoms with Crippen LogP contribution in [0.2, 0.25) is 0 Å². The van der Waals surface area contributed by atoms with E-state index in [2.05, 4.69) is 5.32 Å². The number of nitrogens with one attached hydrogen (secondary N) is 1. The van der Waals surface area contributed by atoms with E-state index in [1.807, 2.05) is 11.8 Å². The van der Waals surface area contributed by atoms with Gasteiger partial charge < -0.3 is 14.7 Å². The average molecular weight is 265 g/mol. The summed E-state index contributed by atoms with van der Waals surface area (Å²) in [6.45, 7) is 3.58. The maximum Gasteiger partial charge on any atom is 0.333 e. The van der Waals surface area contributed by atoms with Crippen molar-refractivity contribution in [3.05, 3.63) is 0 Å². The first kappa shape index (κ1) is 12.9. The van der Waals surface area contributed by atoms with Crippen molar-refractivity contribution in [3.8, 4) is 0 Å². The third-order valence-corrected chi connectivity index (χ3v) is 6.85. The highest BCUT2D eigenvalue weighted by molar-refractivity contribution is 7.99. The number of thioether (sulfide) groups is 1. The molecule has 2 atom stereocenters. The van der Waals surface area contributed by atoms with Gasteiger partial charge in [0.2, 0.25) is 0 Å². The second-order valence-electron chi connectivity index (χ2n) is 4.60. The summed E-state index contributed by atoms with van der Waals surface area (Å²) in [7, 11) is -3.45. The van der Waals surface area contributed by atoms with E-state index in [0.29, 0.717) is 13.2 Å². The number of hydrogen-bond donors (Lipinski definition) is 2. The summed E-state index contributed by atoms with van der Waals surface area (Å²) in [6, 6.07) is 0. The second-order valence-corrected chi connectivity index (χ2v) is 7.84. The maximum absolute atomic E-state index is 12.2. The molecule has 2 rings (SSSR count). The van der Waals surface area contributed by atoms with E-state index in [-0.39, 0.29) is 11.1 Å². The average Bonchev–Trinajstić information content (AvgIpc) is 2.63. The SMILES string of the molecule is CCOP(=O)(O)C1CNCC12CCSCC2. The van der Waals surface area contributed by atoms with Crippen LogP contribution in [-0.2, 0) is 9.09 Å². The number of rotatable bonds is 3. The van der Waals surface area contributed by atoms with Crippen LogP contribution in [-0.4, -0.2) is 41.8 Å². The van der Waals surface area contributed by atoms with E-state index < -0.39 is 7.60 Å². The molecule has 2 N–H and O–H groups in total. The molecule has 0 aromatic rings. The number of hydrogen-bond acceptors (Lipinski definition) is 4. The van der Waals surface area contributed by atoms with Crippen molar-refractivity contribution in [2.24, 2.45) is 5.41 Å². The van der Waals surface area contributed by atoms with Crippen molar-refractivity contribution in [1.29, 1.82) is 0 Å². The van der Waals surface area contributed by atoms with Crippen molar-refractivity contribution in [1.82, 2.24) is 5.32 Å². The van der Waals surface area contributed by atoms with Crippen molar-refractivity contribution in [2.75, 3.05) is 31.2 Å². The van der Waals surface area contributed by atoms with Gasteiger partial charge in [0, 0.05) is 13.1 Å². The highest BCUT2D eigenvalue weighted by Gasteiger charge is 2.52. The van der Waals surface area contributed by atoms with E-state index in [1.165, 1.54) is 0 Å². The van der Waals surface area contributed by atoms with Gasteiger partial charge in [-0.1, -0.05) is 0 Å². The molecule has 0 saturated carbocycles. The van der Waals surface area contributed by atoms with E-state index in [0.717, 1.165) is 30.9 Å². The zero-order chi connectivity index (χ0) is 11.6. The molecule has 2 aliphatic rings. The van der Waals surface area contributed by atoms with Crippen LogP contribution < -0.4 is 5.32 Å². The molecule has 2 aliphatic heterocycles. The molecule has 2 heterocycles. The Morgan fingerprint density at radius 1 is 1.56 bits per heavy atom. The molecular formula is C10H20NO3PS. The fourth-order valence-electron chi connectivity index (χ4n) is 2.82. The first-order valence-corrected chi connectivity index (χ1v) is 8.66. The molecule has 0 aliphatic carbocycles. The van der Waals surface area contributed by atoms with Gasteiger partial charge in [-0.25, -0.2) is 0 Å². The largest absolute Gasteiger partial charge is 0.333 e. The highest BCUT2D eigenvalue weighted by Crippen LogP contribution is 2.59. The maximum atomic E-state index is 12.2. The molecule has 2 fully saturated rings. The van der Waals surface area contributed by atoms with Gasteiger partial charge in [-0.15, -0.1) is 0 Å². The van der Waals surface area contributed by atoms with Crippen LogP contribution in [0, 0.1) is 5.41 Å². The lowest BCUT2D eigenvalue weighted by atomic mass is 9.81. The predicted octanol–water partition coefficient (Wildman–Crippen LogP) is 1.69. The van der Waals surface area contributed by atoms with Crippen molar-refractivity contribution in [2.45, 2.75) is 25.4 Å². The molecule has 2 unspecified atom stereocenters. The van der Waals surface area contributed by atoms with E-state index >= 15 is 0 Å². The van der Waals surface area contributed by atoms with Gasteiger partial charge in [-0.2, -0.15) is 11.8 Å². The van der Waals surface area contributed by atoms with Crippen LogP contribution in [0.3, 0.4) is 0 Å². The van der Waals surface area contributed by atoms with Crippen LogP contribution in [0.4, 0.5) is 0 Å². The molecule has 94 valence electrons. The molecule has 0 aromatic carbocycles. The third kappa shape index (κ3) is 2.34. The van der Waals surface area contributed by atoms with E-state index in [1.54, 1.807) is 6.92 Å². The van der Waals surface area contributed by atoms with Gasteiger partial charge in [0.15, 0.2) is 0 Å². The summed E-state index contributed by atoms with van der Waals surface area (Å²) in [5, 5.41) is 3.28. The molecule has 0 amide bonds. The minimum atomic E-state index is -3.45. The molecule has 4 nitrogen and oxygen atoms in total. The van der Waals surface area contributed by atoms with Gasteiger partial charge >= 0.3 is 7.60 Å². The summed E-state index contributed by atoms with van der Waals surface area (Å²) < 4.78 is 17.3. The Bertz CT molecular complexity index is 294. The Kier molecular flexibility index (Phi) is 4.02. The quantitative estimate of drug-likeness (QED) is 0.761. The summed E-state index contributed by atoms with van der Waals surface area (Å²) in [5.41, 5.74) is -0.203. The van der Waals surface area contributed by atoms with E-state index in [4.69, 9.17) is 4.52 Å². The van der Waals surface area contributed by atoms with Gasteiger partial charge in [-0.3, -0.25) is 4.57 Å². The monoisotopic (exact) mass is 265 g/mol. The standard InChI is InChI=1S/C10H20NO3PS/c1-2-14-15(12,13)9-7-11-8-10(9)3-5-16-6-4-10/h9,11H,2-8H2,1H3,(H,12,13). The summed E-state index contributed by atoms with van der Waals surface area (Å²) in [4.78, 5) is 10.0. The second kappa shape index (κ2) is 4.99. The van der Waals surface area contributed by atoms with Crippen LogP contribution >= 0.6 is 19.4 Å². The zero-order valence-electron chi connectivity index (χ0n) is 9.65. The van der Waals surface area contributed by atoms with Gasteiger partial charge in [0.1, 0.15) is 0 Å². The molecular weight excluding hydrogens is 245 g/mol. The molecule has 0 aromatic heterocycles. The van der Waals surface area contributed by atoms with Crippen molar-refractivity contribution >= 4 is 19.4 Å². The first-order valence-electron chi connectivity index (χ1n) is 5.86. The van der Waals surface area contributed by atoms with Crippen LogP contribution in [0.25, 0.3) is 0 Å². The summed E-state index contributed by atoms with van der Waals surface area (Å²) >= 11 is 1.94. The lowest BCUT2D eigenvalue weighted by Gasteiger charge is -2.38. The van der Waals surface area contributed by atoms with Crippen LogP contribution in [0.15, 0.2) is 0 Å². The molecule has 16 heavy (non-hydrogen) atoms. The van der Waals surface area contributed by atoms with Crippen molar-refractivity contribution < 1.29 is 14.0 Å². The first-order chi connectivity index (χ1) is 7.61. The third-order valence-electron chi connectivity index (χ3n) is 3.72. The van der Waals surface area contributed by atoms with Crippen molar-refractivity contribution in [3.63, 3.8) is 0 Å². The summed E-state index contributed by atoms with van der Waals surface area (Å²) in [6.07, 6.45) is 2.07. The zero-order valence-corrected chi connectivity index (χ0v) is 11.4. The Hall–Kier alpha value is 0.460. The molecule has 2 saturated heterocycles. The lowest BCUT2D eigenvalue weighted by Crippen LogP contribution is -2.38. The Balaban J connectivity index is 2.16. The van der Waals surface area contributed by atoms with Crippen LogP contribution in [0.5, 0.6) is 0 Å². The predicted molar refractivity (Wildman–Crippen MR) is 67.1 cm³/mol. The Morgan fingerprint density at radius 3 is 2.88 bits per heavy atom. The van der Waals surface area contributed by atoms with E-state index in [9.17, 15) is 9.46 Å². The van der Waals surface area contributed by atoms with Gasteiger partial charge in [-0.05, 0) is 36.7 Å². The smallest absolute Gasteiger partial charge is 0.324 e. The fourth-order valence-corrected chi connectivity index (χ4v) is 6.07. The molecule has 0 bridgehead atoms. The molecule has 0 radical (unpaired) electrons. The minimum absolute atomic E-state index is 0.00466. The Labute approximate surface area is 101 Å². The molecule has 1 spiro atoms. The summed E-state index contributed by atoms with van der Waals surface area (Å²) in [5.74, 6) is 2.20.